The Balaban J connectivity index is 1.04. The van der Waals surface area contributed by atoms with Crippen LogP contribution in [0.2, 0.25) is 0 Å². The summed E-state index contributed by atoms with van der Waals surface area (Å²) in [6, 6.07) is 65.0. The lowest BCUT2D eigenvalue weighted by molar-refractivity contribution is 1.07. The third-order valence-corrected chi connectivity index (χ3v) is 13.3. The van der Waals surface area contributed by atoms with Gasteiger partial charge < -0.3 is 4.90 Å². The van der Waals surface area contributed by atoms with E-state index in [-0.39, 0.29) is 0 Å². The standard InChI is InChI=1S/C51H30N4S2/c1-3-14-31(15-4-1)49-52-50(32-16-5-2-6-17-32)54-51(53-49)33-18-13-19-34(26-33)55-43-24-11-12-25-45(43)56-48-29-42-41-27-39-37-22-9-7-20-35(37)36-21-8-10-23-38(36)40(39)28-46(41)57-47(42)30-44(48)55/h1-30H. The first-order valence-corrected chi connectivity index (χ1v) is 20.6. The average molecular weight is 763 g/mol. The number of rotatable bonds is 4. The highest BCUT2D eigenvalue weighted by atomic mass is 32.2. The van der Waals surface area contributed by atoms with Gasteiger partial charge in [0.05, 0.1) is 11.4 Å². The summed E-state index contributed by atoms with van der Waals surface area (Å²) in [6.45, 7) is 0. The summed E-state index contributed by atoms with van der Waals surface area (Å²) in [6.07, 6.45) is 0. The number of fused-ring (bicyclic) bond motifs is 11. The van der Waals surface area contributed by atoms with Crippen molar-refractivity contribution in [3.8, 4) is 34.2 Å². The van der Waals surface area contributed by atoms with Crippen molar-refractivity contribution in [2.45, 2.75) is 9.79 Å². The lowest BCUT2D eigenvalue weighted by Gasteiger charge is -2.33. The Hall–Kier alpha value is -6.86. The van der Waals surface area contributed by atoms with E-state index in [2.05, 4.69) is 126 Å². The van der Waals surface area contributed by atoms with Crippen molar-refractivity contribution in [2.75, 3.05) is 4.90 Å². The zero-order valence-corrected chi connectivity index (χ0v) is 32.1. The molecule has 11 aromatic rings. The van der Waals surface area contributed by atoms with Crippen LogP contribution in [-0.2, 0) is 0 Å². The average Bonchev–Trinajstić information content (AvgIpc) is 3.63. The summed E-state index contributed by atoms with van der Waals surface area (Å²) in [4.78, 5) is 19.9. The molecule has 1 aliphatic rings. The fourth-order valence-corrected chi connectivity index (χ4v) is 10.6. The Morgan fingerprint density at radius 3 is 1.51 bits per heavy atom. The summed E-state index contributed by atoms with van der Waals surface area (Å²) in [7, 11) is 0. The molecule has 0 bridgehead atoms. The van der Waals surface area contributed by atoms with Crippen molar-refractivity contribution in [1.82, 2.24) is 15.0 Å². The molecular weight excluding hydrogens is 733 g/mol. The number of anilines is 3. The molecule has 0 unspecified atom stereocenters. The molecule has 0 radical (unpaired) electrons. The molecule has 2 aromatic heterocycles. The molecule has 0 fully saturated rings. The maximum Gasteiger partial charge on any atom is 0.164 e. The van der Waals surface area contributed by atoms with Gasteiger partial charge in [-0.15, -0.1) is 11.3 Å². The van der Waals surface area contributed by atoms with Crippen molar-refractivity contribution >= 4 is 92.7 Å². The van der Waals surface area contributed by atoms with Gasteiger partial charge in [-0.3, -0.25) is 0 Å². The number of thiophene rings is 1. The fraction of sp³-hybridized carbons (Fsp3) is 0. The SMILES string of the molecule is c1ccc(-c2nc(-c3ccccc3)nc(-c3cccc(N4c5ccccc5Sc5cc6c(cc54)sc4cc5c7ccccc7c7ccccc7c5cc46)c3)n2)cc1. The van der Waals surface area contributed by atoms with E-state index in [4.69, 9.17) is 15.0 Å². The van der Waals surface area contributed by atoms with Crippen molar-refractivity contribution in [2.24, 2.45) is 0 Å². The maximum atomic E-state index is 5.06. The van der Waals surface area contributed by atoms with Crippen LogP contribution in [0.5, 0.6) is 0 Å². The first-order valence-electron chi connectivity index (χ1n) is 19.0. The zero-order chi connectivity index (χ0) is 37.5. The van der Waals surface area contributed by atoms with Gasteiger partial charge in [-0.05, 0) is 80.8 Å². The summed E-state index contributed by atoms with van der Waals surface area (Å²) >= 11 is 3.72. The van der Waals surface area contributed by atoms with Crippen LogP contribution in [0.4, 0.5) is 17.1 Å². The minimum absolute atomic E-state index is 0.636. The van der Waals surface area contributed by atoms with Gasteiger partial charge in [-0.1, -0.05) is 145 Å². The molecule has 57 heavy (non-hydrogen) atoms. The lowest BCUT2D eigenvalue weighted by atomic mass is 9.93. The third kappa shape index (κ3) is 5.26. The number of nitrogens with zero attached hydrogens (tertiary/aromatic N) is 4. The largest absolute Gasteiger partial charge is 0.308 e. The van der Waals surface area contributed by atoms with Crippen LogP contribution in [0.25, 0.3) is 86.7 Å². The number of para-hydroxylation sites is 1. The second kappa shape index (κ2) is 12.8. The van der Waals surface area contributed by atoms with Gasteiger partial charge in [0.1, 0.15) is 0 Å². The molecule has 0 spiro atoms. The van der Waals surface area contributed by atoms with Gasteiger partial charge >= 0.3 is 0 Å². The number of hydrogen-bond donors (Lipinski definition) is 0. The normalized spacial score (nSPS) is 12.5. The Morgan fingerprint density at radius 1 is 0.333 bits per heavy atom. The van der Waals surface area contributed by atoms with Crippen LogP contribution in [0.3, 0.4) is 0 Å². The van der Waals surface area contributed by atoms with Crippen LogP contribution in [-0.4, -0.2) is 15.0 Å². The van der Waals surface area contributed by atoms with Gasteiger partial charge in [0.25, 0.3) is 0 Å². The summed E-state index contributed by atoms with van der Waals surface area (Å²) in [5.74, 6) is 1.93. The lowest BCUT2D eigenvalue weighted by Crippen LogP contribution is -2.14. The molecule has 266 valence electrons. The van der Waals surface area contributed by atoms with E-state index in [9.17, 15) is 0 Å². The van der Waals surface area contributed by atoms with Crippen molar-refractivity contribution in [1.29, 1.82) is 0 Å². The minimum Gasteiger partial charge on any atom is -0.308 e. The number of hydrogen-bond acceptors (Lipinski definition) is 6. The predicted octanol–water partition coefficient (Wildman–Crippen LogP) is 14.6. The van der Waals surface area contributed by atoms with E-state index in [1.54, 1.807) is 0 Å². The van der Waals surface area contributed by atoms with E-state index >= 15 is 0 Å². The molecular formula is C51H30N4S2. The monoisotopic (exact) mass is 762 g/mol. The van der Waals surface area contributed by atoms with Gasteiger partial charge in [-0.25, -0.2) is 15.0 Å². The topological polar surface area (TPSA) is 41.9 Å². The summed E-state index contributed by atoms with van der Waals surface area (Å²) < 4.78 is 2.57. The van der Waals surface area contributed by atoms with Gasteiger partial charge in [0.15, 0.2) is 17.5 Å². The highest BCUT2D eigenvalue weighted by Crippen LogP contribution is 2.54. The molecule has 12 rings (SSSR count). The molecule has 1 aliphatic heterocycles. The molecule has 9 aromatic carbocycles. The summed E-state index contributed by atoms with van der Waals surface area (Å²) in [5, 5.41) is 10.4. The van der Waals surface area contributed by atoms with Crippen molar-refractivity contribution in [3.63, 3.8) is 0 Å². The summed E-state index contributed by atoms with van der Waals surface area (Å²) in [5.41, 5.74) is 6.20. The van der Waals surface area contributed by atoms with E-state index in [0.29, 0.717) is 17.5 Å². The molecule has 6 heteroatoms. The van der Waals surface area contributed by atoms with Crippen LogP contribution in [0.1, 0.15) is 0 Å². The Labute approximate surface area is 336 Å². The van der Waals surface area contributed by atoms with E-state index in [1.165, 1.54) is 68.0 Å². The van der Waals surface area contributed by atoms with Crippen LogP contribution >= 0.6 is 23.1 Å². The molecule has 3 heterocycles. The second-order valence-corrected chi connectivity index (χ2v) is 16.6. The van der Waals surface area contributed by atoms with Gasteiger partial charge in [0.2, 0.25) is 0 Å². The highest BCUT2D eigenvalue weighted by Gasteiger charge is 2.27. The maximum absolute atomic E-state index is 5.06. The number of aromatic nitrogens is 3. The Kier molecular flexibility index (Phi) is 7.30. The van der Waals surface area contributed by atoms with E-state index < -0.39 is 0 Å². The highest BCUT2D eigenvalue weighted by molar-refractivity contribution is 7.99. The molecule has 0 amide bonds. The van der Waals surface area contributed by atoms with E-state index in [1.807, 2.05) is 83.8 Å². The molecule has 0 N–H and O–H groups in total. The first-order chi connectivity index (χ1) is 28.2. The molecule has 4 nitrogen and oxygen atoms in total. The van der Waals surface area contributed by atoms with Crippen molar-refractivity contribution in [3.05, 3.63) is 182 Å². The van der Waals surface area contributed by atoms with E-state index in [0.717, 1.165) is 28.1 Å². The second-order valence-electron chi connectivity index (χ2n) is 14.4. The Bertz CT molecular complexity index is 3340. The molecule has 0 atom stereocenters. The molecule has 0 aliphatic carbocycles. The predicted molar refractivity (Wildman–Crippen MR) is 240 cm³/mol. The van der Waals surface area contributed by atoms with Crippen LogP contribution in [0, 0.1) is 0 Å². The fourth-order valence-electron chi connectivity index (χ4n) is 8.42. The van der Waals surface area contributed by atoms with Crippen LogP contribution in [0.15, 0.2) is 192 Å². The zero-order valence-electron chi connectivity index (χ0n) is 30.4. The van der Waals surface area contributed by atoms with Crippen LogP contribution < -0.4 is 4.90 Å². The molecule has 0 saturated carbocycles. The quantitative estimate of drug-likeness (QED) is 0.167. The number of benzene rings is 9. The first kappa shape index (κ1) is 32.4. The molecule has 0 saturated heterocycles. The van der Waals surface area contributed by atoms with Gasteiger partial charge in [-0.2, -0.15) is 0 Å². The van der Waals surface area contributed by atoms with Crippen molar-refractivity contribution < 1.29 is 0 Å². The minimum atomic E-state index is 0.636. The Morgan fingerprint density at radius 2 is 0.842 bits per heavy atom. The van der Waals surface area contributed by atoms with Gasteiger partial charge in [0, 0.05) is 52.3 Å². The smallest absolute Gasteiger partial charge is 0.164 e. The third-order valence-electron chi connectivity index (χ3n) is 11.0.